The highest BCUT2D eigenvalue weighted by molar-refractivity contribution is 6.15. The summed E-state index contributed by atoms with van der Waals surface area (Å²) < 4.78 is 19.2. The number of ether oxygens (including phenoxy) is 2. The predicted octanol–water partition coefficient (Wildman–Crippen LogP) is 12.6. The van der Waals surface area contributed by atoms with E-state index >= 15 is 0 Å². The van der Waals surface area contributed by atoms with Crippen molar-refractivity contribution >= 4 is 43.6 Å². The van der Waals surface area contributed by atoms with Crippen LogP contribution in [0.25, 0.3) is 43.6 Å². The molecule has 0 radical (unpaired) electrons. The van der Waals surface area contributed by atoms with Crippen molar-refractivity contribution in [3.8, 4) is 23.0 Å². The van der Waals surface area contributed by atoms with Gasteiger partial charge in [-0.3, -0.25) is 0 Å². The molecule has 2 aliphatic rings. The summed E-state index contributed by atoms with van der Waals surface area (Å²) in [7, 11) is 0. The van der Waals surface area contributed by atoms with Gasteiger partial charge in [0.1, 0.15) is 23.0 Å². The molecular formula is C48H60N2O4. The van der Waals surface area contributed by atoms with Crippen molar-refractivity contribution in [1.82, 2.24) is 9.13 Å². The average molecular weight is 729 g/mol. The maximum atomic E-state index is 11.7. The third-order valence-electron chi connectivity index (χ3n) is 12.0. The standard InChI is InChI=1S/C48H60N2O4/c1-15-17-49-31-21-27(45(3,4)5)35(51)19-25(31)37-33(49)23-29(47(9,10)11)42-39(37)41-40-38-26-20-36(52)28(46(6,7)8)22-32(26)50(18-16-2)34(38)24-30(48(12,13)14)43(40)54-44(41)53-42/h19-24,41,44,51-52H,15-18H2,1-14H3. The van der Waals surface area contributed by atoms with Crippen LogP contribution in [0.3, 0.4) is 0 Å². The van der Waals surface area contributed by atoms with Crippen molar-refractivity contribution in [3.05, 3.63) is 69.8 Å². The van der Waals surface area contributed by atoms with E-state index in [0.717, 1.165) is 103 Å². The summed E-state index contributed by atoms with van der Waals surface area (Å²) in [6, 6.07) is 13.1. The summed E-state index contributed by atoms with van der Waals surface area (Å²) in [5, 5.41) is 27.7. The topological polar surface area (TPSA) is 68.8 Å². The Labute approximate surface area is 321 Å². The molecule has 54 heavy (non-hydrogen) atoms. The van der Waals surface area contributed by atoms with Crippen LogP contribution < -0.4 is 9.47 Å². The molecule has 4 heterocycles. The van der Waals surface area contributed by atoms with Gasteiger partial charge >= 0.3 is 0 Å². The zero-order chi connectivity index (χ0) is 39.2. The van der Waals surface area contributed by atoms with E-state index < -0.39 is 6.29 Å². The van der Waals surface area contributed by atoms with Gasteiger partial charge < -0.3 is 28.8 Å². The number of benzene rings is 4. The molecule has 0 fully saturated rings. The number of hydrogen-bond donors (Lipinski definition) is 2. The second-order valence-electron chi connectivity index (χ2n) is 20.3. The van der Waals surface area contributed by atoms with Gasteiger partial charge in [0.25, 0.3) is 6.29 Å². The van der Waals surface area contributed by atoms with Crippen molar-refractivity contribution in [2.75, 3.05) is 0 Å². The summed E-state index contributed by atoms with van der Waals surface area (Å²) in [5.41, 5.74) is 10.2. The summed E-state index contributed by atoms with van der Waals surface area (Å²) in [5.74, 6) is 2.22. The third kappa shape index (κ3) is 5.18. The summed E-state index contributed by atoms with van der Waals surface area (Å²) >= 11 is 0. The maximum Gasteiger partial charge on any atom is 0.252 e. The zero-order valence-corrected chi connectivity index (χ0v) is 35.1. The van der Waals surface area contributed by atoms with Gasteiger partial charge in [0.05, 0.1) is 5.92 Å². The van der Waals surface area contributed by atoms with Gasteiger partial charge in [0, 0.05) is 90.1 Å². The third-order valence-corrected chi connectivity index (χ3v) is 12.0. The smallest absolute Gasteiger partial charge is 0.252 e. The van der Waals surface area contributed by atoms with Gasteiger partial charge in [-0.05, 0) is 70.9 Å². The molecule has 0 spiro atoms. The van der Waals surface area contributed by atoms with Crippen molar-refractivity contribution in [2.45, 2.75) is 157 Å². The molecule has 286 valence electrons. The molecule has 6 aromatic rings. The van der Waals surface area contributed by atoms with Gasteiger partial charge in [0.2, 0.25) is 0 Å². The Morgan fingerprint density at radius 1 is 0.500 bits per heavy atom. The molecule has 0 unspecified atom stereocenters. The lowest BCUT2D eigenvalue weighted by Gasteiger charge is -2.26. The number of aromatic nitrogens is 2. The van der Waals surface area contributed by atoms with E-state index in [1.54, 1.807) is 0 Å². The Kier molecular flexibility index (Phi) is 7.87. The molecule has 0 amide bonds. The molecule has 2 aromatic heterocycles. The molecule has 6 heteroatoms. The van der Waals surface area contributed by atoms with E-state index in [1.807, 2.05) is 12.1 Å². The normalized spacial score (nSPS) is 17.4. The lowest BCUT2D eigenvalue weighted by molar-refractivity contribution is 0.0307. The first-order valence-electron chi connectivity index (χ1n) is 20.1. The van der Waals surface area contributed by atoms with Crippen molar-refractivity contribution in [1.29, 1.82) is 0 Å². The second-order valence-corrected chi connectivity index (χ2v) is 20.3. The van der Waals surface area contributed by atoms with E-state index in [0.29, 0.717) is 11.5 Å². The Morgan fingerprint density at radius 2 is 0.833 bits per heavy atom. The van der Waals surface area contributed by atoms with E-state index in [4.69, 9.17) is 9.47 Å². The number of aromatic hydroxyl groups is 2. The highest BCUT2D eigenvalue weighted by Crippen LogP contribution is 2.61. The van der Waals surface area contributed by atoms with Crippen LogP contribution in [0, 0.1) is 0 Å². The average Bonchev–Trinajstić information content (AvgIpc) is 3.75. The number of rotatable bonds is 4. The van der Waals surface area contributed by atoms with Gasteiger partial charge in [-0.1, -0.05) is 96.9 Å². The molecule has 8 rings (SSSR count). The molecule has 0 bridgehead atoms. The largest absolute Gasteiger partial charge is 0.508 e. The number of nitrogens with zero attached hydrogens (tertiary/aromatic N) is 2. The summed E-state index contributed by atoms with van der Waals surface area (Å²) in [6.45, 7) is 32.8. The monoisotopic (exact) mass is 728 g/mol. The fraction of sp³-hybridized carbons (Fsp3) is 0.500. The quantitative estimate of drug-likeness (QED) is 0.190. The molecule has 0 atom stereocenters. The first-order valence-corrected chi connectivity index (χ1v) is 20.1. The molecule has 6 nitrogen and oxygen atoms in total. The van der Waals surface area contributed by atoms with Crippen molar-refractivity contribution < 1.29 is 19.7 Å². The maximum absolute atomic E-state index is 11.7. The summed E-state index contributed by atoms with van der Waals surface area (Å²) in [6.07, 6.45) is 1.41. The molecular weight excluding hydrogens is 669 g/mol. The lowest BCUT2D eigenvalue weighted by Crippen LogP contribution is -2.21. The molecule has 0 saturated carbocycles. The minimum atomic E-state index is -0.549. The number of phenolic OH excluding ortho intramolecular Hbond substituents is 2. The Bertz CT molecular complexity index is 2360. The number of fused-ring (bicyclic) bond motifs is 13. The molecule has 2 N–H and O–H groups in total. The van der Waals surface area contributed by atoms with Crippen LogP contribution >= 0.6 is 0 Å². The first-order chi connectivity index (χ1) is 25.1. The number of aryl methyl sites for hydroxylation is 2. The minimum absolute atomic E-state index is 0.208. The Balaban J connectivity index is 1.58. The van der Waals surface area contributed by atoms with Crippen LogP contribution in [-0.4, -0.2) is 25.6 Å². The van der Waals surface area contributed by atoms with Crippen LogP contribution in [0.4, 0.5) is 0 Å². The second kappa shape index (κ2) is 11.6. The number of hydrogen-bond acceptors (Lipinski definition) is 4. The molecule has 4 aromatic carbocycles. The minimum Gasteiger partial charge on any atom is -0.508 e. The van der Waals surface area contributed by atoms with Crippen LogP contribution in [0.1, 0.15) is 149 Å². The van der Waals surface area contributed by atoms with Crippen molar-refractivity contribution in [2.24, 2.45) is 0 Å². The highest BCUT2D eigenvalue weighted by Gasteiger charge is 2.50. The fourth-order valence-corrected chi connectivity index (χ4v) is 9.50. The molecule has 0 saturated heterocycles. The van der Waals surface area contributed by atoms with Gasteiger partial charge in [-0.25, -0.2) is 0 Å². The Morgan fingerprint density at radius 3 is 1.15 bits per heavy atom. The van der Waals surface area contributed by atoms with Crippen LogP contribution in [0.5, 0.6) is 23.0 Å². The highest BCUT2D eigenvalue weighted by atomic mass is 16.7. The van der Waals surface area contributed by atoms with E-state index in [1.165, 1.54) is 11.0 Å². The van der Waals surface area contributed by atoms with E-state index in [2.05, 4.69) is 130 Å². The predicted molar refractivity (Wildman–Crippen MR) is 224 cm³/mol. The number of phenols is 2. The zero-order valence-electron chi connectivity index (χ0n) is 35.1. The van der Waals surface area contributed by atoms with Crippen LogP contribution in [0.15, 0.2) is 36.4 Å². The Hall–Kier alpha value is -4.32. The van der Waals surface area contributed by atoms with Crippen molar-refractivity contribution in [3.63, 3.8) is 0 Å². The summed E-state index contributed by atoms with van der Waals surface area (Å²) in [4.78, 5) is 0. The van der Waals surface area contributed by atoms with Crippen LogP contribution in [-0.2, 0) is 34.7 Å². The first kappa shape index (κ1) is 36.6. The lowest BCUT2D eigenvalue weighted by atomic mass is 9.78. The van der Waals surface area contributed by atoms with Gasteiger partial charge in [-0.2, -0.15) is 0 Å². The van der Waals surface area contributed by atoms with E-state index in [9.17, 15) is 10.2 Å². The van der Waals surface area contributed by atoms with Gasteiger partial charge in [-0.15, -0.1) is 0 Å². The fourth-order valence-electron chi connectivity index (χ4n) is 9.50. The van der Waals surface area contributed by atoms with Crippen LogP contribution in [0.2, 0.25) is 0 Å². The SMILES string of the molecule is CCCn1c2cc(C(C)(C)C)c(O)cc2c2c3c(c(C(C)(C)C)cc21)OC1Oc2c(C(C)(C)C)cc4c(c2C31)c1cc(O)c(C(C)(C)C)cc1n4CCC. The van der Waals surface area contributed by atoms with E-state index in [-0.39, 0.29) is 27.6 Å². The molecule has 2 aliphatic heterocycles. The molecule has 0 aliphatic carbocycles. The van der Waals surface area contributed by atoms with Gasteiger partial charge in [0.15, 0.2) is 0 Å².